The molecule has 0 aromatic carbocycles. The molecule has 0 unspecified atom stereocenters. The molecule has 1 aliphatic heterocycles. The molecule has 5 heteroatoms. The fourth-order valence-electron chi connectivity index (χ4n) is 2.00. The molecule has 1 heterocycles. The first kappa shape index (κ1) is 10.1. The van der Waals surface area contributed by atoms with Crippen molar-refractivity contribution >= 4 is 17.8 Å². The quantitative estimate of drug-likeness (QED) is 0.641. The Morgan fingerprint density at radius 2 is 1.93 bits per heavy atom. The first-order chi connectivity index (χ1) is 7.18. The molecule has 15 heavy (non-hydrogen) atoms. The zero-order chi connectivity index (χ0) is 10.8. The van der Waals surface area contributed by atoms with Crippen LogP contribution in [0.25, 0.3) is 0 Å². The molecule has 2 rings (SSSR count). The number of ether oxygens (including phenoxy) is 1. The lowest BCUT2D eigenvalue weighted by Crippen LogP contribution is -2.38. The molecule has 0 aromatic heterocycles. The Morgan fingerprint density at radius 3 is 2.47 bits per heavy atom. The highest BCUT2D eigenvalue weighted by atomic mass is 16.6. The van der Waals surface area contributed by atoms with Gasteiger partial charge < -0.3 is 4.74 Å². The van der Waals surface area contributed by atoms with Gasteiger partial charge in [0.15, 0.2) is 0 Å². The number of hydrogen-bond donors (Lipinski definition) is 0. The number of imide groups is 1. The molecule has 0 spiro atoms. The van der Waals surface area contributed by atoms with Gasteiger partial charge in [-0.25, -0.2) is 9.69 Å². The molecule has 2 fully saturated rings. The van der Waals surface area contributed by atoms with E-state index in [1.54, 1.807) is 0 Å². The van der Waals surface area contributed by atoms with Crippen LogP contribution < -0.4 is 0 Å². The number of rotatable bonds is 1. The van der Waals surface area contributed by atoms with E-state index < -0.39 is 6.09 Å². The molecule has 0 aromatic rings. The van der Waals surface area contributed by atoms with Gasteiger partial charge in [0.05, 0.1) is 6.54 Å². The van der Waals surface area contributed by atoms with Gasteiger partial charge >= 0.3 is 6.09 Å². The molecule has 2 aliphatic rings. The minimum absolute atomic E-state index is 0.173. The fourth-order valence-corrected chi connectivity index (χ4v) is 2.00. The summed E-state index contributed by atoms with van der Waals surface area (Å²) in [6.07, 6.45) is 1.51. The summed E-state index contributed by atoms with van der Waals surface area (Å²) in [5.41, 5.74) is 0. The second kappa shape index (κ2) is 4.00. The van der Waals surface area contributed by atoms with Crippen LogP contribution in [0.2, 0.25) is 0 Å². The summed E-state index contributed by atoms with van der Waals surface area (Å²) in [5.74, 6) is -0.138. The van der Waals surface area contributed by atoms with E-state index in [1.165, 1.54) is 0 Å². The molecule has 0 N–H and O–H groups in total. The summed E-state index contributed by atoms with van der Waals surface area (Å²) in [5, 5.41) is 0. The smallest absolute Gasteiger partial charge is 0.416 e. The van der Waals surface area contributed by atoms with Crippen molar-refractivity contribution in [2.75, 3.05) is 13.2 Å². The average Bonchev–Trinajstić information content (AvgIpc) is 2.65. The van der Waals surface area contributed by atoms with Gasteiger partial charge in [-0.3, -0.25) is 9.59 Å². The zero-order valence-electron chi connectivity index (χ0n) is 8.40. The highest BCUT2D eigenvalue weighted by Crippen LogP contribution is 2.24. The van der Waals surface area contributed by atoms with Crippen molar-refractivity contribution in [1.29, 1.82) is 0 Å². The molecule has 1 aliphatic carbocycles. The summed E-state index contributed by atoms with van der Waals surface area (Å²) >= 11 is 0. The molecule has 1 saturated heterocycles. The monoisotopic (exact) mass is 211 g/mol. The largest absolute Gasteiger partial charge is 0.447 e. The van der Waals surface area contributed by atoms with Crippen LogP contribution in [0, 0.1) is 5.92 Å². The normalized spacial score (nSPS) is 23.1. The molecule has 0 radical (unpaired) electrons. The number of ketones is 1. The van der Waals surface area contributed by atoms with Crippen LogP contribution >= 0.6 is 0 Å². The summed E-state index contributed by atoms with van der Waals surface area (Å²) in [6, 6.07) is 0. The Morgan fingerprint density at radius 1 is 1.27 bits per heavy atom. The number of nitrogens with zero attached hydrogens (tertiary/aromatic N) is 1. The van der Waals surface area contributed by atoms with Gasteiger partial charge in [0.25, 0.3) is 0 Å². The summed E-state index contributed by atoms with van der Waals surface area (Å²) in [6.45, 7) is 0.637. The minimum Gasteiger partial charge on any atom is -0.447 e. The third kappa shape index (κ3) is 2.00. The number of carbonyl (C=O) groups is 3. The maximum Gasteiger partial charge on any atom is 0.416 e. The Hall–Kier alpha value is -1.39. The first-order valence-electron chi connectivity index (χ1n) is 5.18. The van der Waals surface area contributed by atoms with Crippen LogP contribution in [-0.4, -0.2) is 35.8 Å². The van der Waals surface area contributed by atoms with Gasteiger partial charge in [-0.05, 0) is 12.8 Å². The van der Waals surface area contributed by atoms with Crippen molar-refractivity contribution < 1.29 is 19.1 Å². The second-order valence-electron chi connectivity index (χ2n) is 3.92. The van der Waals surface area contributed by atoms with Crippen molar-refractivity contribution in [2.24, 2.45) is 5.92 Å². The van der Waals surface area contributed by atoms with E-state index in [9.17, 15) is 14.4 Å². The third-order valence-electron chi connectivity index (χ3n) is 2.92. The number of hydrogen-bond acceptors (Lipinski definition) is 4. The fraction of sp³-hybridized carbons (Fsp3) is 0.700. The van der Waals surface area contributed by atoms with Crippen LogP contribution in [0.3, 0.4) is 0 Å². The molecular formula is C10H13NO4. The number of carbonyl (C=O) groups excluding carboxylic acids is 3. The van der Waals surface area contributed by atoms with E-state index in [0.29, 0.717) is 32.2 Å². The van der Waals surface area contributed by atoms with E-state index in [2.05, 4.69) is 0 Å². The topological polar surface area (TPSA) is 63.7 Å². The average molecular weight is 211 g/mol. The number of Topliss-reactive ketones (excluding diaryl/α,β-unsaturated/α-hetero) is 1. The van der Waals surface area contributed by atoms with Crippen LogP contribution in [0.5, 0.6) is 0 Å². The maximum atomic E-state index is 11.8. The predicted molar refractivity (Wildman–Crippen MR) is 50.0 cm³/mol. The van der Waals surface area contributed by atoms with Gasteiger partial charge in [-0.2, -0.15) is 0 Å². The lowest BCUT2D eigenvalue weighted by atomic mass is 9.87. The van der Waals surface area contributed by atoms with Crippen molar-refractivity contribution in [3.05, 3.63) is 0 Å². The molecular weight excluding hydrogens is 198 g/mol. The lowest BCUT2D eigenvalue weighted by Gasteiger charge is -2.22. The van der Waals surface area contributed by atoms with E-state index in [4.69, 9.17) is 4.74 Å². The first-order valence-corrected chi connectivity index (χ1v) is 5.18. The van der Waals surface area contributed by atoms with Crippen molar-refractivity contribution in [3.8, 4) is 0 Å². The minimum atomic E-state index is -0.545. The number of cyclic esters (lactones) is 1. The molecule has 0 atom stereocenters. The Kier molecular flexibility index (Phi) is 2.70. The van der Waals surface area contributed by atoms with Crippen LogP contribution in [-0.2, 0) is 14.3 Å². The van der Waals surface area contributed by atoms with Gasteiger partial charge in [-0.1, -0.05) is 0 Å². The molecule has 82 valence electrons. The van der Waals surface area contributed by atoms with E-state index in [-0.39, 0.29) is 24.2 Å². The highest BCUT2D eigenvalue weighted by Gasteiger charge is 2.34. The van der Waals surface area contributed by atoms with Gasteiger partial charge in [-0.15, -0.1) is 0 Å². The van der Waals surface area contributed by atoms with Crippen molar-refractivity contribution in [1.82, 2.24) is 4.90 Å². The van der Waals surface area contributed by atoms with Crippen molar-refractivity contribution in [3.63, 3.8) is 0 Å². The van der Waals surface area contributed by atoms with E-state index in [1.807, 2.05) is 0 Å². The number of amides is 2. The SMILES string of the molecule is O=C1CCC(C(=O)N2CCOC2=O)CC1. The molecule has 2 amide bonds. The Bertz CT molecular complexity index is 303. The second-order valence-corrected chi connectivity index (χ2v) is 3.92. The van der Waals surface area contributed by atoms with Gasteiger partial charge in [0.1, 0.15) is 12.4 Å². The Labute approximate surface area is 87.4 Å². The lowest BCUT2D eigenvalue weighted by molar-refractivity contribution is -0.134. The van der Waals surface area contributed by atoms with Crippen LogP contribution in [0.4, 0.5) is 4.79 Å². The maximum absolute atomic E-state index is 11.8. The van der Waals surface area contributed by atoms with Crippen molar-refractivity contribution in [2.45, 2.75) is 25.7 Å². The third-order valence-corrected chi connectivity index (χ3v) is 2.92. The molecule has 5 nitrogen and oxygen atoms in total. The molecule has 1 saturated carbocycles. The van der Waals surface area contributed by atoms with Crippen LogP contribution in [0.1, 0.15) is 25.7 Å². The summed E-state index contributed by atoms with van der Waals surface area (Å²) in [7, 11) is 0. The highest BCUT2D eigenvalue weighted by molar-refractivity contribution is 5.95. The summed E-state index contributed by atoms with van der Waals surface area (Å²) in [4.78, 5) is 35.1. The zero-order valence-corrected chi connectivity index (χ0v) is 8.40. The van der Waals surface area contributed by atoms with E-state index >= 15 is 0 Å². The predicted octanol–water partition coefficient (Wildman–Crippen LogP) is 0.725. The van der Waals surface area contributed by atoms with Gasteiger partial charge in [0.2, 0.25) is 5.91 Å². The van der Waals surface area contributed by atoms with E-state index in [0.717, 1.165) is 4.90 Å². The van der Waals surface area contributed by atoms with Crippen LogP contribution in [0.15, 0.2) is 0 Å². The molecule has 0 bridgehead atoms. The standard InChI is InChI=1S/C10H13NO4/c12-8-3-1-7(2-4-8)9(13)11-5-6-15-10(11)14/h7H,1-6H2. The Balaban J connectivity index is 1.96. The van der Waals surface area contributed by atoms with Gasteiger partial charge in [0, 0.05) is 18.8 Å². The summed E-state index contributed by atoms with van der Waals surface area (Å²) < 4.78 is 4.70.